The van der Waals surface area contributed by atoms with E-state index in [4.69, 9.17) is 9.84 Å². The minimum atomic E-state index is -0.673. The lowest BCUT2D eigenvalue weighted by Gasteiger charge is -2.23. The highest BCUT2D eigenvalue weighted by Crippen LogP contribution is 2.13. The molecule has 0 radical (unpaired) electrons. The van der Waals surface area contributed by atoms with E-state index in [-0.39, 0.29) is 5.97 Å². The second kappa shape index (κ2) is 18.0. The van der Waals surface area contributed by atoms with E-state index in [9.17, 15) is 9.59 Å². The van der Waals surface area contributed by atoms with Crippen LogP contribution in [0.1, 0.15) is 103 Å². The molecule has 0 fully saturated rings. The number of hydrogen-bond donors (Lipinski definition) is 1. The quantitative estimate of drug-likeness (QED) is 0.165. The number of likely N-dealkylation sites (N-methyl/N-ethyl adjacent to an activating group) is 1. The molecule has 0 aromatic rings. The topological polar surface area (TPSA) is 63.6 Å². The Morgan fingerprint density at radius 1 is 0.643 bits per heavy atom. The first kappa shape index (κ1) is 26.9. The number of carbonyl (C=O) groups excluding carboxylic acids is 1. The van der Waals surface area contributed by atoms with Crippen LogP contribution < -0.4 is 0 Å². The Morgan fingerprint density at radius 3 is 1.36 bits per heavy atom. The van der Waals surface area contributed by atoms with Crippen molar-refractivity contribution in [1.29, 1.82) is 0 Å². The summed E-state index contributed by atoms with van der Waals surface area (Å²) in [4.78, 5) is 22.0. The summed E-state index contributed by atoms with van der Waals surface area (Å²) in [6.45, 7) is 1.38. The van der Waals surface area contributed by atoms with Crippen molar-refractivity contribution in [1.82, 2.24) is 0 Å². The second-order valence-electron chi connectivity index (χ2n) is 9.08. The van der Waals surface area contributed by atoms with E-state index in [1.54, 1.807) is 0 Å². The number of carboxylic acids is 1. The molecule has 0 amide bonds. The van der Waals surface area contributed by atoms with Crippen LogP contribution in [0.2, 0.25) is 0 Å². The molecule has 0 heterocycles. The van der Waals surface area contributed by atoms with Crippen LogP contribution in [0.3, 0.4) is 0 Å². The van der Waals surface area contributed by atoms with Crippen molar-refractivity contribution in [3.63, 3.8) is 0 Å². The fraction of sp³-hybridized carbons (Fsp3) is 0.913. The van der Waals surface area contributed by atoms with Crippen LogP contribution in [0.4, 0.5) is 0 Å². The van der Waals surface area contributed by atoms with Crippen LogP contribution in [0.15, 0.2) is 0 Å². The van der Waals surface area contributed by atoms with Gasteiger partial charge in [0.2, 0.25) is 0 Å². The summed E-state index contributed by atoms with van der Waals surface area (Å²) in [5.74, 6) is -0.719. The SMILES string of the molecule is C[N+](C)(C)CCOC(=O)CCCCCCCCCCCCCCCCC(=O)O. The predicted octanol–water partition coefficient (Wildman–Crippen LogP) is 5.56. The lowest BCUT2D eigenvalue weighted by Crippen LogP contribution is -2.37. The average molecular weight is 401 g/mol. The summed E-state index contributed by atoms with van der Waals surface area (Å²) >= 11 is 0. The van der Waals surface area contributed by atoms with Gasteiger partial charge >= 0.3 is 11.9 Å². The van der Waals surface area contributed by atoms with Crippen LogP contribution in [0.25, 0.3) is 0 Å². The maximum Gasteiger partial charge on any atom is 0.305 e. The van der Waals surface area contributed by atoms with E-state index in [0.29, 0.717) is 19.4 Å². The van der Waals surface area contributed by atoms with E-state index in [0.717, 1.165) is 36.7 Å². The van der Waals surface area contributed by atoms with Crippen LogP contribution in [-0.2, 0) is 14.3 Å². The zero-order valence-corrected chi connectivity index (χ0v) is 18.8. The molecule has 0 spiro atoms. The van der Waals surface area contributed by atoms with Gasteiger partial charge in [0.1, 0.15) is 13.2 Å². The van der Waals surface area contributed by atoms with Crippen LogP contribution in [0, 0.1) is 0 Å². The van der Waals surface area contributed by atoms with Gasteiger partial charge in [-0.25, -0.2) is 0 Å². The van der Waals surface area contributed by atoms with Gasteiger partial charge < -0.3 is 14.3 Å². The third-order valence-corrected chi connectivity index (χ3v) is 5.05. The van der Waals surface area contributed by atoms with Crippen LogP contribution >= 0.6 is 0 Å². The molecule has 5 nitrogen and oxygen atoms in total. The monoisotopic (exact) mass is 400 g/mol. The highest BCUT2D eigenvalue weighted by atomic mass is 16.5. The van der Waals surface area contributed by atoms with Crippen molar-refractivity contribution in [2.75, 3.05) is 34.3 Å². The van der Waals surface area contributed by atoms with Gasteiger partial charge in [0, 0.05) is 12.8 Å². The Labute approximate surface area is 173 Å². The molecule has 0 atom stereocenters. The van der Waals surface area contributed by atoms with Gasteiger partial charge in [0.15, 0.2) is 0 Å². The summed E-state index contributed by atoms with van der Waals surface area (Å²) in [6.07, 6.45) is 17.7. The van der Waals surface area contributed by atoms with Crippen molar-refractivity contribution in [2.24, 2.45) is 0 Å². The summed E-state index contributed by atoms with van der Waals surface area (Å²) in [5.41, 5.74) is 0. The highest BCUT2D eigenvalue weighted by Gasteiger charge is 2.09. The Kier molecular flexibility index (Phi) is 17.3. The van der Waals surface area contributed by atoms with Gasteiger partial charge in [-0.3, -0.25) is 9.59 Å². The van der Waals surface area contributed by atoms with Gasteiger partial charge in [-0.1, -0.05) is 77.0 Å². The lowest BCUT2D eigenvalue weighted by atomic mass is 10.0. The summed E-state index contributed by atoms with van der Waals surface area (Å²) < 4.78 is 6.09. The summed E-state index contributed by atoms with van der Waals surface area (Å²) in [7, 11) is 6.30. The first-order chi connectivity index (χ1) is 13.3. The maximum absolute atomic E-state index is 11.6. The zero-order valence-electron chi connectivity index (χ0n) is 18.8. The average Bonchev–Trinajstić information content (AvgIpc) is 2.60. The van der Waals surface area contributed by atoms with Gasteiger partial charge in [0.05, 0.1) is 21.1 Å². The summed E-state index contributed by atoms with van der Waals surface area (Å²) in [5, 5.41) is 8.57. The van der Waals surface area contributed by atoms with E-state index in [1.807, 2.05) is 0 Å². The van der Waals surface area contributed by atoms with Crippen LogP contribution in [-0.4, -0.2) is 55.8 Å². The fourth-order valence-corrected chi connectivity index (χ4v) is 3.17. The Bertz CT molecular complexity index is 391. The van der Waals surface area contributed by atoms with Crippen molar-refractivity contribution >= 4 is 11.9 Å². The third kappa shape index (κ3) is 22.9. The minimum Gasteiger partial charge on any atom is -0.481 e. The van der Waals surface area contributed by atoms with Crippen LogP contribution in [0.5, 0.6) is 0 Å². The maximum atomic E-state index is 11.6. The number of esters is 1. The molecule has 0 aliphatic heterocycles. The van der Waals surface area contributed by atoms with E-state index >= 15 is 0 Å². The number of nitrogens with zero attached hydrogens (tertiary/aromatic N) is 1. The standard InChI is InChI=1S/C23H45NO4/c1-24(2,3)20-21-28-23(27)19-17-15-13-11-9-7-5-4-6-8-10-12-14-16-18-22(25)26/h4-21H2,1-3H3/p+1. The highest BCUT2D eigenvalue weighted by molar-refractivity contribution is 5.69. The number of hydrogen-bond acceptors (Lipinski definition) is 3. The predicted molar refractivity (Wildman–Crippen MR) is 115 cm³/mol. The molecule has 0 aromatic heterocycles. The molecule has 5 heteroatoms. The molecule has 0 aliphatic rings. The van der Waals surface area contributed by atoms with Crippen molar-refractivity contribution in [3.05, 3.63) is 0 Å². The molecule has 1 N–H and O–H groups in total. The molecule has 28 heavy (non-hydrogen) atoms. The molecule has 0 aliphatic carbocycles. The Hall–Kier alpha value is -1.10. The molecule has 0 aromatic carbocycles. The van der Waals surface area contributed by atoms with Crippen molar-refractivity contribution in [3.8, 4) is 0 Å². The van der Waals surface area contributed by atoms with Crippen molar-refractivity contribution < 1.29 is 23.9 Å². The smallest absolute Gasteiger partial charge is 0.305 e. The van der Waals surface area contributed by atoms with Gasteiger partial charge in [-0.05, 0) is 12.8 Å². The first-order valence-corrected chi connectivity index (χ1v) is 11.5. The number of quaternary nitrogens is 1. The lowest BCUT2D eigenvalue weighted by molar-refractivity contribution is -0.870. The molecular weight excluding hydrogens is 354 g/mol. The number of ether oxygens (including phenoxy) is 1. The molecule has 0 saturated carbocycles. The zero-order chi connectivity index (χ0) is 21.1. The molecular formula is C23H46NO4+. The Morgan fingerprint density at radius 2 is 1.00 bits per heavy atom. The third-order valence-electron chi connectivity index (χ3n) is 5.05. The van der Waals surface area contributed by atoms with E-state index < -0.39 is 5.97 Å². The van der Waals surface area contributed by atoms with Gasteiger partial charge in [-0.2, -0.15) is 0 Å². The van der Waals surface area contributed by atoms with Gasteiger partial charge in [-0.15, -0.1) is 0 Å². The number of aliphatic carboxylic acids is 1. The minimum absolute atomic E-state index is 0.0460. The summed E-state index contributed by atoms with van der Waals surface area (Å²) in [6, 6.07) is 0. The molecule has 0 rings (SSSR count). The van der Waals surface area contributed by atoms with Crippen molar-refractivity contribution in [2.45, 2.75) is 103 Å². The van der Waals surface area contributed by atoms with Gasteiger partial charge in [0.25, 0.3) is 0 Å². The normalized spacial score (nSPS) is 11.5. The largest absolute Gasteiger partial charge is 0.481 e. The number of rotatable bonds is 20. The molecule has 0 bridgehead atoms. The molecule has 0 saturated heterocycles. The molecule has 0 unspecified atom stereocenters. The Balaban J connectivity index is 3.17. The van der Waals surface area contributed by atoms with E-state index in [1.165, 1.54) is 64.2 Å². The second-order valence-corrected chi connectivity index (χ2v) is 9.08. The fourth-order valence-electron chi connectivity index (χ4n) is 3.17. The number of carboxylic acid groups (broad SMARTS) is 1. The first-order valence-electron chi connectivity index (χ1n) is 11.5. The molecule has 166 valence electrons. The number of unbranched alkanes of at least 4 members (excludes halogenated alkanes) is 13. The van der Waals surface area contributed by atoms with E-state index in [2.05, 4.69) is 21.1 Å². The number of carbonyl (C=O) groups is 2.